The van der Waals surface area contributed by atoms with Crippen LogP contribution in [0.4, 0.5) is 5.95 Å². The molecule has 0 aliphatic carbocycles. The normalized spacial score (nSPS) is 10.3. The van der Waals surface area contributed by atoms with Gasteiger partial charge in [-0.05, 0) is 47.3 Å². The van der Waals surface area contributed by atoms with E-state index in [2.05, 4.69) is 26.2 Å². The van der Waals surface area contributed by atoms with E-state index in [1.165, 1.54) is 12.1 Å². The number of carbonyl (C=O) groups excluding carboxylic acids is 1. The highest BCUT2D eigenvalue weighted by molar-refractivity contribution is 7.80. The number of aryl methyl sites for hydroxylation is 1. The van der Waals surface area contributed by atoms with E-state index < -0.39 is 5.91 Å². The Kier molecular flexibility index (Phi) is 5.64. The third-order valence-electron chi connectivity index (χ3n) is 2.60. The number of thiocarbonyl (C=S) groups is 1. The number of benzene rings is 1. The van der Waals surface area contributed by atoms with Gasteiger partial charge in [-0.15, -0.1) is 0 Å². The SMILES string of the molecule is CCCn1nnnc1NC(=S)NC(=O)c1ccc(Cl)c(Cl)c1. The molecule has 0 atom stereocenters. The van der Waals surface area contributed by atoms with Gasteiger partial charge in [0.1, 0.15) is 0 Å². The highest BCUT2D eigenvalue weighted by Crippen LogP contribution is 2.22. The van der Waals surface area contributed by atoms with Gasteiger partial charge >= 0.3 is 0 Å². The first-order chi connectivity index (χ1) is 10.5. The van der Waals surface area contributed by atoms with Gasteiger partial charge in [-0.2, -0.15) is 0 Å². The van der Waals surface area contributed by atoms with Crippen molar-refractivity contribution in [2.45, 2.75) is 19.9 Å². The second kappa shape index (κ2) is 7.48. The number of amides is 1. The van der Waals surface area contributed by atoms with Crippen molar-refractivity contribution < 1.29 is 4.79 Å². The van der Waals surface area contributed by atoms with E-state index in [4.69, 9.17) is 35.4 Å². The molecule has 2 aromatic rings. The van der Waals surface area contributed by atoms with E-state index in [1.54, 1.807) is 10.7 Å². The summed E-state index contributed by atoms with van der Waals surface area (Å²) in [6, 6.07) is 4.55. The molecule has 0 aliphatic rings. The molecular formula is C12H12Cl2N6OS. The van der Waals surface area contributed by atoms with Crippen molar-refractivity contribution in [2.75, 3.05) is 5.32 Å². The minimum Gasteiger partial charge on any atom is -0.300 e. The second-order valence-corrected chi connectivity index (χ2v) is 5.49. The Hall–Kier alpha value is -1.77. The largest absolute Gasteiger partial charge is 0.300 e. The van der Waals surface area contributed by atoms with Crippen molar-refractivity contribution in [3.05, 3.63) is 33.8 Å². The zero-order chi connectivity index (χ0) is 16.1. The van der Waals surface area contributed by atoms with E-state index in [-0.39, 0.29) is 5.11 Å². The van der Waals surface area contributed by atoms with E-state index in [1.807, 2.05) is 6.92 Å². The lowest BCUT2D eigenvalue weighted by atomic mass is 10.2. The fourth-order valence-corrected chi connectivity index (χ4v) is 2.08. The van der Waals surface area contributed by atoms with Crippen molar-refractivity contribution in [1.29, 1.82) is 0 Å². The van der Waals surface area contributed by atoms with Crippen molar-refractivity contribution in [2.24, 2.45) is 0 Å². The summed E-state index contributed by atoms with van der Waals surface area (Å²) in [5, 5.41) is 17.2. The van der Waals surface area contributed by atoms with Crippen LogP contribution in [0.5, 0.6) is 0 Å². The van der Waals surface area contributed by atoms with Crippen LogP contribution < -0.4 is 10.6 Å². The average Bonchev–Trinajstić information content (AvgIpc) is 2.89. The molecule has 0 radical (unpaired) electrons. The second-order valence-electron chi connectivity index (χ2n) is 4.26. The van der Waals surface area contributed by atoms with Crippen LogP contribution in [0.15, 0.2) is 18.2 Å². The summed E-state index contributed by atoms with van der Waals surface area (Å²) in [5.41, 5.74) is 0.340. The summed E-state index contributed by atoms with van der Waals surface area (Å²) >= 11 is 16.8. The van der Waals surface area contributed by atoms with Crippen LogP contribution in [0.25, 0.3) is 0 Å². The number of rotatable bonds is 4. The number of hydrogen-bond acceptors (Lipinski definition) is 5. The summed E-state index contributed by atoms with van der Waals surface area (Å²) in [4.78, 5) is 12.1. The first-order valence-electron chi connectivity index (χ1n) is 6.34. The van der Waals surface area contributed by atoms with Gasteiger partial charge in [-0.25, -0.2) is 4.68 Å². The molecule has 1 aromatic carbocycles. The van der Waals surface area contributed by atoms with Gasteiger partial charge in [0.25, 0.3) is 5.91 Å². The van der Waals surface area contributed by atoms with Gasteiger partial charge in [0.2, 0.25) is 5.95 Å². The molecule has 2 rings (SSSR count). The number of tetrazole rings is 1. The van der Waals surface area contributed by atoms with Crippen LogP contribution in [0, 0.1) is 0 Å². The Morgan fingerprint density at radius 1 is 1.36 bits per heavy atom. The molecule has 7 nitrogen and oxygen atoms in total. The lowest BCUT2D eigenvalue weighted by Gasteiger charge is -2.09. The standard InChI is InChI=1S/C12H12Cl2N6OS/c1-2-5-20-11(17-18-19-20)16-12(22)15-10(21)7-3-4-8(13)9(14)6-7/h3-4,6H,2,5H2,1H3,(H2,15,16,17,19,21,22). The quantitative estimate of drug-likeness (QED) is 0.816. The summed E-state index contributed by atoms with van der Waals surface area (Å²) in [5.74, 6) is -0.0492. The Morgan fingerprint density at radius 3 is 2.82 bits per heavy atom. The van der Waals surface area contributed by atoms with Crippen LogP contribution in [-0.2, 0) is 6.54 Å². The Balaban J connectivity index is 2.00. The number of aromatic nitrogens is 4. The van der Waals surface area contributed by atoms with Gasteiger partial charge in [0, 0.05) is 12.1 Å². The topological polar surface area (TPSA) is 84.7 Å². The molecule has 0 saturated heterocycles. The Bertz CT molecular complexity index is 705. The van der Waals surface area contributed by atoms with E-state index >= 15 is 0 Å². The van der Waals surface area contributed by atoms with Crippen LogP contribution >= 0.6 is 35.4 Å². The van der Waals surface area contributed by atoms with Crippen LogP contribution in [0.2, 0.25) is 10.0 Å². The minimum absolute atomic E-state index is 0.0863. The third-order valence-corrected chi connectivity index (χ3v) is 3.54. The molecule has 0 bridgehead atoms. The average molecular weight is 359 g/mol. The molecule has 116 valence electrons. The van der Waals surface area contributed by atoms with Crippen molar-refractivity contribution in [3.63, 3.8) is 0 Å². The maximum atomic E-state index is 12.1. The van der Waals surface area contributed by atoms with Crippen LogP contribution in [0.1, 0.15) is 23.7 Å². The molecule has 1 heterocycles. The smallest absolute Gasteiger partial charge is 0.257 e. The van der Waals surface area contributed by atoms with E-state index in [9.17, 15) is 4.79 Å². The molecule has 0 fully saturated rings. The highest BCUT2D eigenvalue weighted by atomic mass is 35.5. The van der Waals surface area contributed by atoms with Gasteiger partial charge in [0.15, 0.2) is 5.11 Å². The Labute approximate surface area is 142 Å². The third kappa shape index (κ3) is 4.12. The number of carbonyl (C=O) groups is 1. The van der Waals surface area contributed by atoms with Gasteiger partial charge in [0.05, 0.1) is 10.0 Å². The summed E-state index contributed by atoms with van der Waals surface area (Å²) < 4.78 is 1.55. The van der Waals surface area contributed by atoms with Crippen molar-refractivity contribution in [3.8, 4) is 0 Å². The number of nitrogens with one attached hydrogen (secondary N) is 2. The van der Waals surface area contributed by atoms with Crippen molar-refractivity contribution in [1.82, 2.24) is 25.5 Å². The summed E-state index contributed by atoms with van der Waals surface area (Å²) in [7, 11) is 0. The number of hydrogen-bond donors (Lipinski definition) is 2. The molecule has 0 unspecified atom stereocenters. The first-order valence-corrected chi connectivity index (χ1v) is 7.51. The first kappa shape index (κ1) is 16.6. The predicted octanol–water partition coefficient (Wildman–Crippen LogP) is 2.52. The zero-order valence-corrected chi connectivity index (χ0v) is 13.8. The molecule has 1 aromatic heterocycles. The van der Waals surface area contributed by atoms with Gasteiger partial charge < -0.3 is 0 Å². The Morgan fingerprint density at radius 2 is 2.14 bits per heavy atom. The van der Waals surface area contributed by atoms with Crippen molar-refractivity contribution >= 4 is 52.4 Å². The maximum Gasteiger partial charge on any atom is 0.257 e. The predicted molar refractivity (Wildman–Crippen MR) is 88.3 cm³/mol. The maximum absolute atomic E-state index is 12.1. The van der Waals surface area contributed by atoms with E-state index in [0.717, 1.165) is 6.42 Å². The molecular weight excluding hydrogens is 347 g/mol. The highest BCUT2D eigenvalue weighted by Gasteiger charge is 2.12. The lowest BCUT2D eigenvalue weighted by Crippen LogP contribution is -2.35. The molecule has 0 aliphatic heterocycles. The number of nitrogens with zero attached hydrogens (tertiary/aromatic N) is 4. The molecule has 0 saturated carbocycles. The van der Waals surface area contributed by atoms with Crippen LogP contribution in [0.3, 0.4) is 0 Å². The fraction of sp³-hybridized carbons (Fsp3) is 0.250. The van der Waals surface area contributed by atoms with Gasteiger partial charge in [-0.3, -0.25) is 15.4 Å². The molecule has 10 heteroatoms. The number of halogens is 2. The van der Waals surface area contributed by atoms with Gasteiger partial charge in [-0.1, -0.05) is 35.2 Å². The fourth-order valence-electron chi connectivity index (χ4n) is 1.60. The number of anilines is 1. The minimum atomic E-state index is -0.411. The van der Waals surface area contributed by atoms with E-state index in [0.29, 0.717) is 28.1 Å². The lowest BCUT2D eigenvalue weighted by molar-refractivity contribution is 0.0977. The summed E-state index contributed by atoms with van der Waals surface area (Å²) in [6.07, 6.45) is 0.863. The molecule has 2 N–H and O–H groups in total. The molecule has 1 amide bonds. The zero-order valence-electron chi connectivity index (χ0n) is 11.5. The molecule has 0 spiro atoms. The van der Waals surface area contributed by atoms with Crippen LogP contribution in [-0.4, -0.2) is 31.2 Å². The molecule has 22 heavy (non-hydrogen) atoms. The summed E-state index contributed by atoms with van der Waals surface area (Å²) in [6.45, 7) is 2.63. The monoisotopic (exact) mass is 358 g/mol.